The third kappa shape index (κ3) is 3.66. The predicted molar refractivity (Wildman–Crippen MR) is 58.7 cm³/mol. The van der Waals surface area contributed by atoms with Crippen molar-refractivity contribution in [3.05, 3.63) is 0 Å². The summed E-state index contributed by atoms with van der Waals surface area (Å²) in [6.07, 6.45) is -2.90. The van der Waals surface area contributed by atoms with Crippen molar-refractivity contribution in [3.8, 4) is 0 Å². The average Bonchev–Trinajstić information content (AvgIpc) is 2.29. The number of esters is 2. The standard InChI is InChI=1S/C11H18O7/c1-6(12)17-9-8(14-3)5-16-11(15-4)10(9)18-7(2)13/h8-11H,5H2,1-4H3/t8-,9+,10-,11+/m1/s1. The van der Waals surface area contributed by atoms with Gasteiger partial charge in [0.15, 0.2) is 18.5 Å². The molecule has 1 heterocycles. The molecule has 0 aromatic rings. The molecule has 0 aromatic carbocycles. The van der Waals surface area contributed by atoms with E-state index in [2.05, 4.69) is 0 Å². The lowest BCUT2D eigenvalue weighted by Gasteiger charge is -2.39. The summed E-state index contributed by atoms with van der Waals surface area (Å²) in [7, 11) is 2.88. The summed E-state index contributed by atoms with van der Waals surface area (Å²) in [5, 5.41) is 0. The lowest BCUT2D eigenvalue weighted by Crippen LogP contribution is -2.57. The fraction of sp³-hybridized carbons (Fsp3) is 0.818. The van der Waals surface area contributed by atoms with Crippen LogP contribution in [0.4, 0.5) is 0 Å². The first-order chi connectivity index (χ1) is 8.49. The number of carbonyl (C=O) groups excluding carboxylic acids is 2. The van der Waals surface area contributed by atoms with Gasteiger partial charge >= 0.3 is 11.9 Å². The van der Waals surface area contributed by atoms with Crippen LogP contribution in [-0.2, 0) is 33.3 Å². The molecule has 0 bridgehead atoms. The number of methoxy groups -OCH3 is 2. The fourth-order valence-electron chi connectivity index (χ4n) is 1.80. The first kappa shape index (κ1) is 14.9. The number of carbonyl (C=O) groups is 2. The Balaban J connectivity index is 2.88. The van der Waals surface area contributed by atoms with E-state index >= 15 is 0 Å². The van der Waals surface area contributed by atoms with Gasteiger partial charge in [-0.25, -0.2) is 0 Å². The van der Waals surface area contributed by atoms with Gasteiger partial charge in [0.1, 0.15) is 6.10 Å². The fourth-order valence-corrected chi connectivity index (χ4v) is 1.80. The van der Waals surface area contributed by atoms with Gasteiger partial charge in [0.2, 0.25) is 0 Å². The minimum atomic E-state index is -0.852. The Morgan fingerprint density at radius 1 is 1.00 bits per heavy atom. The molecule has 0 spiro atoms. The lowest BCUT2D eigenvalue weighted by molar-refractivity contribution is -0.274. The maximum Gasteiger partial charge on any atom is 0.303 e. The summed E-state index contributed by atoms with van der Waals surface area (Å²) < 4.78 is 25.8. The number of ether oxygens (including phenoxy) is 5. The molecule has 1 saturated heterocycles. The molecule has 4 atom stereocenters. The molecule has 0 N–H and O–H groups in total. The molecule has 18 heavy (non-hydrogen) atoms. The van der Waals surface area contributed by atoms with Gasteiger partial charge in [-0.2, -0.15) is 0 Å². The first-order valence-corrected chi connectivity index (χ1v) is 5.51. The quantitative estimate of drug-likeness (QED) is 0.653. The van der Waals surface area contributed by atoms with Crippen LogP contribution in [0.5, 0.6) is 0 Å². The molecule has 7 heteroatoms. The van der Waals surface area contributed by atoms with Gasteiger partial charge in [-0.05, 0) is 0 Å². The lowest BCUT2D eigenvalue weighted by atomic mass is 10.0. The van der Waals surface area contributed by atoms with Crippen molar-refractivity contribution in [1.29, 1.82) is 0 Å². The van der Waals surface area contributed by atoms with E-state index in [1.807, 2.05) is 0 Å². The minimum absolute atomic E-state index is 0.185. The van der Waals surface area contributed by atoms with E-state index in [1.54, 1.807) is 0 Å². The van der Waals surface area contributed by atoms with Crippen LogP contribution in [0, 0.1) is 0 Å². The number of rotatable bonds is 4. The van der Waals surface area contributed by atoms with Crippen molar-refractivity contribution in [2.75, 3.05) is 20.8 Å². The highest BCUT2D eigenvalue weighted by Gasteiger charge is 2.45. The van der Waals surface area contributed by atoms with E-state index in [4.69, 9.17) is 23.7 Å². The molecular weight excluding hydrogens is 244 g/mol. The van der Waals surface area contributed by atoms with E-state index in [0.717, 1.165) is 0 Å². The topological polar surface area (TPSA) is 80.3 Å². The summed E-state index contributed by atoms with van der Waals surface area (Å²) in [6.45, 7) is 2.72. The SMILES string of the molecule is CO[C@H]1OC[C@@H](OC)[C@H](OC(C)=O)[C@H]1OC(C)=O. The molecule has 1 rings (SSSR count). The van der Waals surface area contributed by atoms with Gasteiger partial charge in [-0.15, -0.1) is 0 Å². The maximum atomic E-state index is 11.1. The zero-order chi connectivity index (χ0) is 13.7. The van der Waals surface area contributed by atoms with Crippen LogP contribution in [0.3, 0.4) is 0 Å². The average molecular weight is 262 g/mol. The largest absolute Gasteiger partial charge is 0.455 e. The van der Waals surface area contributed by atoms with Crippen LogP contribution in [0.2, 0.25) is 0 Å². The Bertz CT molecular complexity index is 274. The molecule has 1 aliphatic heterocycles. The van der Waals surface area contributed by atoms with Crippen LogP contribution in [-0.4, -0.2) is 57.4 Å². The van der Waals surface area contributed by atoms with Crippen LogP contribution < -0.4 is 0 Å². The highest BCUT2D eigenvalue weighted by atomic mass is 16.7. The number of hydrogen-bond acceptors (Lipinski definition) is 7. The molecule has 0 aromatic heterocycles. The molecule has 1 aliphatic rings. The summed E-state index contributed by atoms with van der Waals surface area (Å²) >= 11 is 0. The zero-order valence-corrected chi connectivity index (χ0v) is 10.9. The Kier molecular flexibility index (Phi) is 5.52. The smallest absolute Gasteiger partial charge is 0.303 e. The molecular formula is C11H18O7. The van der Waals surface area contributed by atoms with Crippen LogP contribution >= 0.6 is 0 Å². The van der Waals surface area contributed by atoms with Gasteiger partial charge < -0.3 is 23.7 Å². The van der Waals surface area contributed by atoms with Crippen LogP contribution in [0.1, 0.15) is 13.8 Å². The first-order valence-electron chi connectivity index (χ1n) is 5.51. The van der Waals surface area contributed by atoms with E-state index in [1.165, 1.54) is 28.1 Å². The van der Waals surface area contributed by atoms with Gasteiger partial charge in [0.05, 0.1) is 6.61 Å². The Hall–Kier alpha value is -1.18. The monoisotopic (exact) mass is 262 g/mol. The van der Waals surface area contributed by atoms with Crippen molar-refractivity contribution < 1.29 is 33.3 Å². The molecule has 7 nitrogen and oxygen atoms in total. The Labute approximate surface area is 105 Å². The van der Waals surface area contributed by atoms with Crippen molar-refractivity contribution in [3.63, 3.8) is 0 Å². The van der Waals surface area contributed by atoms with Gasteiger partial charge in [0.25, 0.3) is 0 Å². The van der Waals surface area contributed by atoms with Crippen molar-refractivity contribution in [1.82, 2.24) is 0 Å². The molecule has 0 aliphatic carbocycles. The Morgan fingerprint density at radius 2 is 1.56 bits per heavy atom. The maximum absolute atomic E-state index is 11.1. The van der Waals surface area contributed by atoms with Crippen LogP contribution in [0.15, 0.2) is 0 Å². The second-order valence-electron chi connectivity index (χ2n) is 3.86. The molecule has 0 amide bonds. The predicted octanol–water partition coefficient (Wildman–Crippen LogP) is -0.133. The molecule has 0 radical (unpaired) electrons. The zero-order valence-electron chi connectivity index (χ0n) is 10.9. The summed E-state index contributed by atoms with van der Waals surface area (Å²) in [4.78, 5) is 22.2. The van der Waals surface area contributed by atoms with E-state index in [-0.39, 0.29) is 6.61 Å². The van der Waals surface area contributed by atoms with Gasteiger partial charge in [-0.3, -0.25) is 9.59 Å². The van der Waals surface area contributed by atoms with Crippen molar-refractivity contribution >= 4 is 11.9 Å². The molecule has 0 saturated carbocycles. The third-order valence-electron chi connectivity index (χ3n) is 2.52. The van der Waals surface area contributed by atoms with E-state index < -0.39 is 36.5 Å². The highest BCUT2D eigenvalue weighted by Crippen LogP contribution is 2.24. The summed E-state index contributed by atoms with van der Waals surface area (Å²) in [6, 6.07) is 0. The van der Waals surface area contributed by atoms with E-state index in [9.17, 15) is 9.59 Å². The third-order valence-corrected chi connectivity index (χ3v) is 2.52. The molecule has 0 unspecified atom stereocenters. The van der Waals surface area contributed by atoms with Crippen LogP contribution in [0.25, 0.3) is 0 Å². The normalized spacial score (nSPS) is 31.8. The second kappa shape index (κ2) is 6.67. The molecule has 104 valence electrons. The highest BCUT2D eigenvalue weighted by molar-refractivity contribution is 5.67. The number of hydrogen-bond donors (Lipinski definition) is 0. The van der Waals surface area contributed by atoms with Crippen molar-refractivity contribution in [2.24, 2.45) is 0 Å². The second-order valence-corrected chi connectivity index (χ2v) is 3.86. The molecule has 1 fully saturated rings. The van der Waals surface area contributed by atoms with Crippen molar-refractivity contribution in [2.45, 2.75) is 38.4 Å². The summed E-state index contributed by atoms with van der Waals surface area (Å²) in [5.41, 5.74) is 0. The van der Waals surface area contributed by atoms with Gasteiger partial charge in [0, 0.05) is 28.1 Å². The minimum Gasteiger partial charge on any atom is -0.455 e. The Morgan fingerprint density at radius 3 is 2.00 bits per heavy atom. The summed E-state index contributed by atoms with van der Waals surface area (Å²) in [5.74, 6) is -1.00. The van der Waals surface area contributed by atoms with E-state index in [0.29, 0.717) is 0 Å². The van der Waals surface area contributed by atoms with Gasteiger partial charge in [-0.1, -0.05) is 0 Å².